The second-order valence-corrected chi connectivity index (χ2v) is 7.48. The summed E-state index contributed by atoms with van der Waals surface area (Å²) in [5, 5.41) is 3.41. The zero-order chi connectivity index (χ0) is 21.1. The lowest BCUT2D eigenvalue weighted by molar-refractivity contribution is -0.155. The van der Waals surface area contributed by atoms with E-state index in [9.17, 15) is 14.4 Å². The Morgan fingerprint density at radius 1 is 1.20 bits per heavy atom. The number of rotatable bonds is 5. The zero-order valence-electron chi connectivity index (χ0n) is 16.7. The van der Waals surface area contributed by atoms with E-state index >= 15 is 0 Å². The van der Waals surface area contributed by atoms with Crippen LogP contribution < -0.4 is 10.9 Å². The van der Waals surface area contributed by atoms with E-state index in [-0.39, 0.29) is 24.1 Å². The lowest BCUT2D eigenvalue weighted by Crippen LogP contribution is -2.40. The maximum atomic E-state index is 12.6. The van der Waals surface area contributed by atoms with E-state index in [1.807, 2.05) is 18.2 Å². The van der Waals surface area contributed by atoms with Crippen molar-refractivity contribution in [3.63, 3.8) is 0 Å². The second kappa shape index (κ2) is 8.49. The van der Waals surface area contributed by atoms with Gasteiger partial charge in [-0.15, -0.1) is 0 Å². The summed E-state index contributed by atoms with van der Waals surface area (Å²) >= 11 is 0. The molecule has 0 bridgehead atoms. The number of ether oxygens (including phenoxy) is 1. The van der Waals surface area contributed by atoms with Crippen LogP contribution in [-0.2, 0) is 27.3 Å². The largest absolute Gasteiger partial charge is 0.451 e. The van der Waals surface area contributed by atoms with Gasteiger partial charge in [-0.3, -0.25) is 19.0 Å². The number of benzene rings is 2. The average Bonchev–Trinajstić information content (AvgIpc) is 2.76. The van der Waals surface area contributed by atoms with E-state index in [1.165, 1.54) is 23.4 Å². The highest BCUT2D eigenvalue weighted by Crippen LogP contribution is 2.29. The van der Waals surface area contributed by atoms with Gasteiger partial charge in [0, 0.05) is 0 Å². The van der Waals surface area contributed by atoms with Gasteiger partial charge >= 0.3 is 5.97 Å². The van der Waals surface area contributed by atoms with Crippen molar-refractivity contribution in [1.29, 1.82) is 0 Å². The molecule has 1 aromatic heterocycles. The summed E-state index contributed by atoms with van der Waals surface area (Å²) in [6, 6.07) is 14.9. The topological polar surface area (TPSA) is 90.3 Å². The summed E-state index contributed by atoms with van der Waals surface area (Å²) in [6.07, 6.45) is 3.20. The first-order chi connectivity index (χ1) is 14.5. The summed E-state index contributed by atoms with van der Waals surface area (Å²) < 4.78 is 6.46. The minimum atomic E-state index is -0.962. The number of carbonyl (C=O) groups is 2. The van der Waals surface area contributed by atoms with Gasteiger partial charge in [0.15, 0.2) is 6.10 Å². The van der Waals surface area contributed by atoms with Crippen molar-refractivity contribution in [2.24, 2.45) is 0 Å². The van der Waals surface area contributed by atoms with Gasteiger partial charge in [-0.2, -0.15) is 0 Å². The standard InChI is InChI=1S/C23H23N3O4/c1-15(22(28)25-20-12-6-8-16-7-2-3-9-17(16)20)30-21(27)13-26-14-24-19-11-5-4-10-18(19)23(26)29/h2-5,7,9-11,14-15,20H,6,8,12-13H2,1H3,(H,25,28)/t15-,20+/m0/s1. The van der Waals surface area contributed by atoms with Crippen LogP contribution in [0.5, 0.6) is 0 Å². The van der Waals surface area contributed by atoms with Gasteiger partial charge in [-0.1, -0.05) is 36.4 Å². The van der Waals surface area contributed by atoms with Crippen molar-refractivity contribution in [3.05, 3.63) is 76.3 Å². The molecule has 7 nitrogen and oxygen atoms in total. The zero-order valence-corrected chi connectivity index (χ0v) is 16.7. The summed E-state index contributed by atoms with van der Waals surface area (Å²) in [7, 11) is 0. The van der Waals surface area contributed by atoms with E-state index < -0.39 is 12.1 Å². The van der Waals surface area contributed by atoms with E-state index in [1.54, 1.807) is 24.3 Å². The molecule has 2 atom stereocenters. The predicted octanol–water partition coefficient (Wildman–Crippen LogP) is 2.52. The molecule has 7 heteroatoms. The van der Waals surface area contributed by atoms with Crippen molar-refractivity contribution < 1.29 is 14.3 Å². The van der Waals surface area contributed by atoms with E-state index in [0.717, 1.165) is 24.8 Å². The second-order valence-electron chi connectivity index (χ2n) is 7.48. The number of fused-ring (bicyclic) bond motifs is 2. The Bertz CT molecular complexity index is 1150. The quantitative estimate of drug-likeness (QED) is 0.659. The molecular weight excluding hydrogens is 382 g/mol. The maximum absolute atomic E-state index is 12.6. The number of nitrogens with zero attached hydrogens (tertiary/aromatic N) is 2. The third kappa shape index (κ3) is 4.10. The molecule has 30 heavy (non-hydrogen) atoms. The highest BCUT2D eigenvalue weighted by molar-refractivity contribution is 5.84. The SMILES string of the molecule is C[C@H](OC(=O)Cn1cnc2ccccc2c1=O)C(=O)N[C@@H]1CCCc2ccccc21. The van der Waals surface area contributed by atoms with E-state index in [4.69, 9.17) is 4.74 Å². The van der Waals surface area contributed by atoms with Crippen molar-refractivity contribution in [2.75, 3.05) is 0 Å². The van der Waals surface area contributed by atoms with E-state index in [2.05, 4.69) is 16.4 Å². The van der Waals surface area contributed by atoms with Gasteiger partial charge in [-0.05, 0) is 49.4 Å². The Kier molecular flexibility index (Phi) is 5.61. The van der Waals surface area contributed by atoms with Crippen LogP contribution >= 0.6 is 0 Å². The van der Waals surface area contributed by atoms with Crippen molar-refractivity contribution >= 4 is 22.8 Å². The molecule has 0 fully saturated rings. The van der Waals surface area contributed by atoms with Crippen molar-refractivity contribution in [3.8, 4) is 0 Å². The van der Waals surface area contributed by atoms with Gasteiger partial charge in [0.1, 0.15) is 6.54 Å². The Hall–Kier alpha value is -3.48. The molecule has 1 heterocycles. The van der Waals surface area contributed by atoms with Gasteiger partial charge in [0.05, 0.1) is 23.3 Å². The lowest BCUT2D eigenvalue weighted by Gasteiger charge is -2.27. The van der Waals surface area contributed by atoms with Crippen LogP contribution in [0.4, 0.5) is 0 Å². The third-order valence-electron chi connectivity index (χ3n) is 5.39. The van der Waals surface area contributed by atoms with Gasteiger partial charge in [0.25, 0.3) is 11.5 Å². The summed E-state index contributed by atoms with van der Waals surface area (Å²) in [4.78, 5) is 41.6. The van der Waals surface area contributed by atoms with Crippen molar-refractivity contribution in [1.82, 2.24) is 14.9 Å². The highest BCUT2D eigenvalue weighted by Gasteiger charge is 2.25. The molecule has 1 aliphatic carbocycles. The van der Waals surface area contributed by atoms with Crippen LogP contribution in [0, 0.1) is 0 Å². The first-order valence-corrected chi connectivity index (χ1v) is 10.0. The summed E-state index contributed by atoms with van der Waals surface area (Å²) in [5.41, 5.74) is 2.59. The number of aryl methyl sites for hydroxylation is 1. The summed E-state index contributed by atoms with van der Waals surface area (Å²) in [6.45, 7) is 1.23. The van der Waals surface area contributed by atoms with Crippen LogP contribution in [0.3, 0.4) is 0 Å². The third-order valence-corrected chi connectivity index (χ3v) is 5.39. The van der Waals surface area contributed by atoms with Crippen LogP contribution in [-0.4, -0.2) is 27.5 Å². The molecule has 1 aliphatic rings. The molecule has 0 unspecified atom stereocenters. The molecule has 0 aliphatic heterocycles. The monoisotopic (exact) mass is 405 g/mol. The fourth-order valence-corrected chi connectivity index (χ4v) is 3.84. The molecule has 0 saturated heterocycles. The predicted molar refractivity (Wildman–Crippen MR) is 112 cm³/mol. The Balaban J connectivity index is 1.39. The van der Waals surface area contributed by atoms with Crippen LogP contribution in [0.15, 0.2) is 59.7 Å². The molecular formula is C23H23N3O4. The Labute approximate surface area is 173 Å². The molecule has 2 aromatic carbocycles. The van der Waals surface area contributed by atoms with E-state index in [0.29, 0.717) is 10.9 Å². The molecule has 0 spiro atoms. The number of hydrogen-bond acceptors (Lipinski definition) is 5. The minimum absolute atomic E-state index is 0.0871. The summed E-state index contributed by atoms with van der Waals surface area (Å²) in [5.74, 6) is -1.02. The minimum Gasteiger partial charge on any atom is -0.451 e. The molecule has 154 valence electrons. The number of aromatic nitrogens is 2. The molecule has 1 N–H and O–H groups in total. The Morgan fingerprint density at radius 3 is 2.83 bits per heavy atom. The molecule has 3 aromatic rings. The molecule has 0 saturated carbocycles. The van der Waals surface area contributed by atoms with Crippen LogP contribution in [0.1, 0.15) is 36.9 Å². The average molecular weight is 405 g/mol. The number of nitrogens with one attached hydrogen (secondary N) is 1. The highest BCUT2D eigenvalue weighted by atomic mass is 16.5. The fourth-order valence-electron chi connectivity index (χ4n) is 3.84. The van der Waals surface area contributed by atoms with Crippen LogP contribution in [0.2, 0.25) is 0 Å². The first-order valence-electron chi connectivity index (χ1n) is 10.0. The fraction of sp³-hybridized carbons (Fsp3) is 0.304. The van der Waals surface area contributed by atoms with Crippen molar-refractivity contribution in [2.45, 2.75) is 44.9 Å². The molecule has 0 radical (unpaired) electrons. The number of carbonyl (C=O) groups excluding carboxylic acids is 2. The smallest absolute Gasteiger partial charge is 0.326 e. The lowest BCUT2D eigenvalue weighted by atomic mass is 9.87. The Morgan fingerprint density at radius 2 is 1.97 bits per heavy atom. The van der Waals surface area contributed by atoms with Gasteiger partial charge in [-0.25, -0.2) is 4.98 Å². The number of hydrogen-bond donors (Lipinski definition) is 1. The molecule has 1 amide bonds. The van der Waals surface area contributed by atoms with Gasteiger partial charge < -0.3 is 10.1 Å². The van der Waals surface area contributed by atoms with Crippen LogP contribution in [0.25, 0.3) is 10.9 Å². The molecule has 4 rings (SSSR count). The number of amides is 1. The normalized spacial score (nSPS) is 16.5. The number of para-hydroxylation sites is 1. The maximum Gasteiger partial charge on any atom is 0.326 e. The van der Waals surface area contributed by atoms with Gasteiger partial charge in [0.2, 0.25) is 0 Å². The number of esters is 1. The first kappa shape index (κ1) is 19.8.